The zero-order valence-electron chi connectivity index (χ0n) is 12.3. The van der Waals surface area contributed by atoms with Crippen molar-refractivity contribution in [1.82, 2.24) is 15.5 Å². The molecule has 2 N–H and O–H groups in total. The molecule has 1 atom stereocenters. The molecule has 1 saturated heterocycles. The van der Waals surface area contributed by atoms with Gasteiger partial charge in [-0.3, -0.25) is 9.69 Å². The highest BCUT2D eigenvalue weighted by atomic mass is 35.5. The summed E-state index contributed by atoms with van der Waals surface area (Å²) in [6.45, 7) is 6.32. The first-order valence-electron chi connectivity index (χ1n) is 7.25. The van der Waals surface area contributed by atoms with Gasteiger partial charge in [-0.25, -0.2) is 0 Å². The molecule has 1 aromatic rings. The van der Waals surface area contributed by atoms with Crippen molar-refractivity contribution >= 4 is 17.5 Å². The molecule has 1 aliphatic heterocycles. The molecule has 1 aliphatic rings. The molecule has 2 rings (SSSR count). The number of nitrogens with one attached hydrogen (secondary N) is 2. The molecule has 0 saturated carbocycles. The van der Waals surface area contributed by atoms with Crippen molar-refractivity contribution in [2.75, 3.05) is 39.3 Å². The number of hydrogen-bond acceptors (Lipinski definition) is 4. The van der Waals surface area contributed by atoms with E-state index < -0.39 is 0 Å². The van der Waals surface area contributed by atoms with Gasteiger partial charge >= 0.3 is 0 Å². The van der Waals surface area contributed by atoms with E-state index in [1.165, 1.54) is 0 Å². The third-order valence-corrected chi connectivity index (χ3v) is 3.74. The Morgan fingerprint density at radius 1 is 1.48 bits per heavy atom. The fourth-order valence-electron chi connectivity index (χ4n) is 2.25. The number of nitrogens with zero attached hydrogens (tertiary/aromatic N) is 1. The monoisotopic (exact) mass is 311 g/mol. The van der Waals surface area contributed by atoms with Gasteiger partial charge in [-0.1, -0.05) is 11.6 Å². The minimum atomic E-state index is 0.0449. The summed E-state index contributed by atoms with van der Waals surface area (Å²) in [6, 6.07) is 7.58. The van der Waals surface area contributed by atoms with Crippen LogP contribution in [0.4, 0.5) is 0 Å². The molecule has 1 aromatic carbocycles. The SMILES string of the molecule is C[C@H]1CNCCN1CC(=O)NCCOc1ccc(Cl)cc1. The number of rotatable bonds is 6. The zero-order chi connectivity index (χ0) is 15.1. The Kier molecular flexibility index (Phi) is 6.29. The van der Waals surface area contributed by atoms with Crippen LogP contribution in [0.15, 0.2) is 24.3 Å². The largest absolute Gasteiger partial charge is 0.492 e. The average Bonchev–Trinajstić information content (AvgIpc) is 2.48. The van der Waals surface area contributed by atoms with Crippen molar-refractivity contribution in [2.45, 2.75) is 13.0 Å². The second-order valence-electron chi connectivity index (χ2n) is 5.18. The lowest BCUT2D eigenvalue weighted by Crippen LogP contribution is -2.52. The van der Waals surface area contributed by atoms with Gasteiger partial charge in [0, 0.05) is 30.7 Å². The van der Waals surface area contributed by atoms with E-state index in [-0.39, 0.29) is 5.91 Å². The second-order valence-corrected chi connectivity index (χ2v) is 5.61. The normalized spacial score (nSPS) is 19.2. The Bertz CT molecular complexity index is 453. The average molecular weight is 312 g/mol. The Labute approximate surface area is 130 Å². The van der Waals surface area contributed by atoms with E-state index in [1.54, 1.807) is 12.1 Å². The van der Waals surface area contributed by atoms with Gasteiger partial charge in [0.15, 0.2) is 0 Å². The van der Waals surface area contributed by atoms with Crippen LogP contribution in [0.5, 0.6) is 5.75 Å². The molecule has 0 radical (unpaired) electrons. The first-order valence-corrected chi connectivity index (χ1v) is 7.63. The maximum atomic E-state index is 11.9. The van der Waals surface area contributed by atoms with Crippen LogP contribution in [0.25, 0.3) is 0 Å². The predicted octanol–water partition coefficient (Wildman–Crippen LogP) is 1.13. The van der Waals surface area contributed by atoms with Gasteiger partial charge < -0.3 is 15.4 Å². The number of amides is 1. The third-order valence-electron chi connectivity index (χ3n) is 3.49. The van der Waals surface area contributed by atoms with Crippen molar-refractivity contribution in [3.05, 3.63) is 29.3 Å². The van der Waals surface area contributed by atoms with Crippen LogP contribution in [0.1, 0.15) is 6.92 Å². The first kappa shape index (κ1) is 16.1. The van der Waals surface area contributed by atoms with Crippen molar-refractivity contribution in [3.63, 3.8) is 0 Å². The van der Waals surface area contributed by atoms with Crippen molar-refractivity contribution in [1.29, 1.82) is 0 Å². The highest BCUT2D eigenvalue weighted by Crippen LogP contribution is 2.15. The van der Waals surface area contributed by atoms with E-state index in [4.69, 9.17) is 16.3 Å². The molecule has 0 bridgehead atoms. The van der Waals surface area contributed by atoms with Gasteiger partial charge in [-0.15, -0.1) is 0 Å². The lowest BCUT2D eigenvalue weighted by atomic mass is 10.2. The summed E-state index contributed by atoms with van der Waals surface area (Å²) in [6.07, 6.45) is 0. The fourth-order valence-corrected chi connectivity index (χ4v) is 2.37. The first-order chi connectivity index (χ1) is 10.1. The lowest BCUT2D eigenvalue weighted by Gasteiger charge is -2.33. The zero-order valence-corrected chi connectivity index (χ0v) is 13.0. The van der Waals surface area contributed by atoms with Gasteiger partial charge in [-0.05, 0) is 31.2 Å². The van der Waals surface area contributed by atoms with Crippen LogP contribution in [-0.4, -0.2) is 56.2 Å². The number of carbonyl (C=O) groups excluding carboxylic acids is 1. The number of ether oxygens (including phenoxy) is 1. The highest BCUT2D eigenvalue weighted by molar-refractivity contribution is 6.30. The molecular weight excluding hydrogens is 290 g/mol. The Hall–Kier alpha value is -1.30. The number of benzene rings is 1. The molecule has 1 fully saturated rings. The van der Waals surface area contributed by atoms with Crippen molar-refractivity contribution in [2.24, 2.45) is 0 Å². The van der Waals surface area contributed by atoms with Crippen LogP contribution in [0.3, 0.4) is 0 Å². The fraction of sp³-hybridized carbons (Fsp3) is 0.533. The number of piperazine rings is 1. The molecule has 1 heterocycles. The van der Waals surface area contributed by atoms with Gasteiger partial charge in [-0.2, -0.15) is 0 Å². The molecule has 0 unspecified atom stereocenters. The maximum absolute atomic E-state index is 11.9. The van der Waals surface area contributed by atoms with E-state index >= 15 is 0 Å². The standard InChI is InChI=1S/C15H22ClN3O2/c1-12-10-17-6-8-19(12)11-15(20)18-7-9-21-14-4-2-13(16)3-5-14/h2-5,12,17H,6-11H2,1H3,(H,18,20)/t12-/m0/s1. The van der Waals surface area contributed by atoms with Gasteiger partial charge in [0.2, 0.25) is 5.91 Å². The van der Waals surface area contributed by atoms with Gasteiger partial charge in [0.05, 0.1) is 13.1 Å². The summed E-state index contributed by atoms with van der Waals surface area (Å²) in [5, 5.41) is 6.87. The number of hydrogen-bond donors (Lipinski definition) is 2. The smallest absolute Gasteiger partial charge is 0.234 e. The Morgan fingerprint density at radius 3 is 2.95 bits per heavy atom. The molecular formula is C15H22ClN3O2. The van der Waals surface area contributed by atoms with E-state index in [0.717, 1.165) is 25.4 Å². The molecule has 0 spiro atoms. The van der Waals surface area contributed by atoms with E-state index in [0.29, 0.717) is 30.8 Å². The van der Waals surface area contributed by atoms with Gasteiger partial charge in [0.1, 0.15) is 12.4 Å². The molecule has 0 aliphatic carbocycles. The Balaban J connectivity index is 1.61. The molecule has 6 heteroatoms. The number of carbonyl (C=O) groups is 1. The Morgan fingerprint density at radius 2 is 2.24 bits per heavy atom. The molecule has 1 amide bonds. The predicted molar refractivity (Wildman–Crippen MR) is 83.9 cm³/mol. The van der Waals surface area contributed by atoms with E-state index in [2.05, 4.69) is 22.5 Å². The van der Waals surface area contributed by atoms with Crippen LogP contribution in [-0.2, 0) is 4.79 Å². The summed E-state index contributed by atoms with van der Waals surface area (Å²) in [7, 11) is 0. The maximum Gasteiger partial charge on any atom is 0.234 e. The highest BCUT2D eigenvalue weighted by Gasteiger charge is 2.19. The third kappa shape index (κ3) is 5.53. The van der Waals surface area contributed by atoms with Crippen LogP contribution < -0.4 is 15.4 Å². The topological polar surface area (TPSA) is 53.6 Å². The van der Waals surface area contributed by atoms with Crippen LogP contribution in [0.2, 0.25) is 5.02 Å². The second kappa shape index (κ2) is 8.22. The van der Waals surface area contributed by atoms with Crippen LogP contribution >= 0.6 is 11.6 Å². The number of halogens is 1. The van der Waals surface area contributed by atoms with Crippen molar-refractivity contribution < 1.29 is 9.53 Å². The van der Waals surface area contributed by atoms with E-state index in [9.17, 15) is 4.79 Å². The van der Waals surface area contributed by atoms with Crippen molar-refractivity contribution in [3.8, 4) is 5.75 Å². The molecule has 5 nitrogen and oxygen atoms in total. The van der Waals surface area contributed by atoms with Gasteiger partial charge in [0.25, 0.3) is 0 Å². The molecule has 0 aromatic heterocycles. The summed E-state index contributed by atoms with van der Waals surface area (Å²) in [5.74, 6) is 0.799. The minimum Gasteiger partial charge on any atom is -0.492 e. The summed E-state index contributed by atoms with van der Waals surface area (Å²) in [4.78, 5) is 14.1. The molecule has 21 heavy (non-hydrogen) atoms. The van der Waals surface area contributed by atoms with Crippen LogP contribution in [0, 0.1) is 0 Å². The quantitative estimate of drug-likeness (QED) is 0.773. The summed E-state index contributed by atoms with van der Waals surface area (Å²) >= 11 is 5.80. The lowest BCUT2D eigenvalue weighted by molar-refractivity contribution is -0.123. The summed E-state index contributed by atoms with van der Waals surface area (Å²) in [5.41, 5.74) is 0. The summed E-state index contributed by atoms with van der Waals surface area (Å²) < 4.78 is 5.53. The van der Waals surface area contributed by atoms with E-state index in [1.807, 2.05) is 12.1 Å². The minimum absolute atomic E-state index is 0.0449. The molecule has 116 valence electrons.